The summed E-state index contributed by atoms with van der Waals surface area (Å²) in [6, 6.07) is 6.08. The summed E-state index contributed by atoms with van der Waals surface area (Å²) in [7, 11) is 0. The van der Waals surface area contributed by atoms with Gasteiger partial charge in [0.15, 0.2) is 0 Å². The van der Waals surface area contributed by atoms with Crippen molar-refractivity contribution in [2.75, 3.05) is 0 Å². The second-order valence-electron chi connectivity index (χ2n) is 4.18. The maximum atomic E-state index is 13.1. The molecule has 0 aliphatic carbocycles. The summed E-state index contributed by atoms with van der Waals surface area (Å²) in [6.45, 7) is 4.41. The Kier molecular flexibility index (Phi) is 4.69. The molecule has 1 unspecified atom stereocenters. The third-order valence-corrected chi connectivity index (χ3v) is 2.55. The molecule has 0 amide bonds. The lowest BCUT2D eigenvalue weighted by Gasteiger charge is -2.17. The van der Waals surface area contributed by atoms with Gasteiger partial charge in [0.1, 0.15) is 5.82 Å². The average Bonchev–Trinajstić information content (AvgIpc) is 2.29. The van der Waals surface area contributed by atoms with Crippen molar-refractivity contribution in [3.8, 4) is 18.4 Å². The van der Waals surface area contributed by atoms with Crippen LogP contribution in [0.25, 0.3) is 0 Å². The summed E-state index contributed by atoms with van der Waals surface area (Å²) in [4.78, 5) is 0. The lowest BCUT2D eigenvalue weighted by atomic mass is 10.0. The molecule has 0 bridgehead atoms. The predicted octanol–water partition coefficient (Wildman–Crippen LogP) is 2.44. The molecular formula is C14H15FN2. The standard InChI is InChI=1S/C14H15FN2/c1-4-14(10(2)3)17-9-12-7-13(15)6-5-11(12)8-16/h1,5-7,10,14,17H,9H2,2-3H3. The highest BCUT2D eigenvalue weighted by atomic mass is 19.1. The van der Waals surface area contributed by atoms with Crippen LogP contribution in [0.2, 0.25) is 0 Å². The Balaban J connectivity index is 2.79. The first-order valence-corrected chi connectivity index (χ1v) is 5.46. The number of nitrogens with one attached hydrogen (secondary N) is 1. The summed E-state index contributed by atoms with van der Waals surface area (Å²) < 4.78 is 13.1. The summed E-state index contributed by atoms with van der Waals surface area (Å²) in [6.07, 6.45) is 5.39. The van der Waals surface area contributed by atoms with Gasteiger partial charge in [-0.25, -0.2) is 4.39 Å². The van der Waals surface area contributed by atoms with E-state index in [2.05, 4.69) is 11.2 Å². The highest BCUT2D eigenvalue weighted by Crippen LogP contribution is 2.11. The number of benzene rings is 1. The normalized spacial score (nSPS) is 11.9. The molecule has 1 aromatic carbocycles. The van der Waals surface area contributed by atoms with Crippen molar-refractivity contribution in [1.82, 2.24) is 5.32 Å². The van der Waals surface area contributed by atoms with E-state index in [-0.39, 0.29) is 11.9 Å². The Labute approximate surface area is 101 Å². The van der Waals surface area contributed by atoms with Gasteiger partial charge >= 0.3 is 0 Å². The first-order valence-electron chi connectivity index (χ1n) is 5.46. The Morgan fingerprint density at radius 2 is 2.18 bits per heavy atom. The van der Waals surface area contributed by atoms with Crippen molar-refractivity contribution in [3.05, 3.63) is 35.1 Å². The molecule has 1 aromatic rings. The summed E-state index contributed by atoms with van der Waals surface area (Å²) in [5.74, 6) is 2.58. The Hall–Kier alpha value is -1.84. The lowest BCUT2D eigenvalue weighted by Crippen LogP contribution is -2.32. The molecule has 0 spiro atoms. The summed E-state index contributed by atoms with van der Waals surface area (Å²) in [5, 5.41) is 12.0. The molecule has 17 heavy (non-hydrogen) atoms. The van der Waals surface area contributed by atoms with Crippen LogP contribution in [-0.4, -0.2) is 6.04 Å². The molecule has 0 saturated heterocycles. The minimum atomic E-state index is -0.345. The number of rotatable bonds is 4. The Morgan fingerprint density at radius 3 is 2.71 bits per heavy atom. The maximum absolute atomic E-state index is 13.1. The van der Waals surface area contributed by atoms with Crippen LogP contribution >= 0.6 is 0 Å². The van der Waals surface area contributed by atoms with Crippen molar-refractivity contribution in [2.45, 2.75) is 26.4 Å². The Morgan fingerprint density at radius 1 is 1.47 bits per heavy atom. The zero-order valence-electron chi connectivity index (χ0n) is 10.00. The van der Waals surface area contributed by atoms with Crippen LogP contribution in [0.15, 0.2) is 18.2 Å². The molecule has 0 aliphatic heterocycles. The van der Waals surface area contributed by atoms with Crippen LogP contribution in [0, 0.1) is 35.4 Å². The highest BCUT2D eigenvalue weighted by Gasteiger charge is 2.10. The number of terminal acetylenes is 1. The number of nitrogens with zero attached hydrogens (tertiary/aromatic N) is 1. The Bertz CT molecular complexity index is 466. The number of hydrogen-bond donors (Lipinski definition) is 1. The maximum Gasteiger partial charge on any atom is 0.123 e. The van der Waals surface area contributed by atoms with E-state index in [0.29, 0.717) is 23.6 Å². The van der Waals surface area contributed by atoms with Crippen molar-refractivity contribution in [2.24, 2.45) is 5.92 Å². The molecule has 1 rings (SSSR count). The number of halogens is 1. The van der Waals surface area contributed by atoms with E-state index in [0.717, 1.165) is 0 Å². The SMILES string of the molecule is C#CC(NCc1cc(F)ccc1C#N)C(C)C. The van der Waals surface area contributed by atoms with Gasteiger partial charge in [-0.2, -0.15) is 5.26 Å². The molecule has 0 aliphatic rings. The molecule has 2 nitrogen and oxygen atoms in total. The van der Waals surface area contributed by atoms with E-state index < -0.39 is 0 Å². The number of nitriles is 1. The van der Waals surface area contributed by atoms with E-state index in [9.17, 15) is 4.39 Å². The van der Waals surface area contributed by atoms with Gasteiger partial charge in [0.25, 0.3) is 0 Å². The van der Waals surface area contributed by atoms with Crippen LogP contribution in [0.4, 0.5) is 4.39 Å². The van der Waals surface area contributed by atoms with Gasteiger partial charge in [0.05, 0.1) is 17.7 Å². The van der Waals surface area contributed by atoms with Crippen molar-refractivity contribution in [3.63, 3.8) is 0 Å². The molecule has 1 N–H and O–H groups in total. The van der Waals surface area contributed by atoms with Gasteiger partial charge < -0.3 is 0 Å². The molecule has 0 heterocycles. The monoisotopic (exact) mass is 230 g/mol. The topological polar surface area (TPSA) is 35.8 Å². The molecule has 3 heteroatoms. The fourth-order valence-electron chi connectivity index (χ4n) is 1.52. The fourth-order valence-corrected chi connectivity index (χ4v) is 1.52. The van der Waals surface area contributed by atoms with Gasteiger partial charge in [-0.05, 0) is 29.7 Å². The van der Waals surface area contributed by atoms with E-state index >= 15 is 0 Å². The van der Waals surface area contributed by atoms with Gasteiger partial charge in [0, 0.05) is 6.54 Å². The van der Waals surface area contributed by atoms with Crippen LogP contribution in [-0.2, 0) is 6.54 Å². The average molecular weight is 230 g/mol. The largest absolute Gasteiger partial charge is 0.299 e. The zero-order valence-corrected chi connectivity index (χ0v) is 10.00. The van der Waals surface area contributed by atoms with Crippen LogP contribution < -0.4 is 5.32 Å². The molecule has 88 valence electrons. The zero-order chi connectivity index (χ0) is 12.8. The van der Waals surface area contributed by atoms with E-state index in [1.165, 1.54) is 18.2 Å². The van der Waals surface area contributed by atoms with Gasteiger partial charge in [-0.1, -0.05) is 19.8 Å². The molecule has 1 atom stereocenters. The van der Waals surface area contributed by atoms with Crippen molar-refractivity contribution < 1.29 is 4.39 Å². The molecule has 0 aromatic heterocycles. The van der Waals surface area contributed by atoms with Crippen LogP contribution in [0.5, 0.6) is 0 Å². The van der Waals surface area contributed by atoms with Gasteiger partial charge in [0.2, 0.25) is 0 Å². The van der Waals surface area contributed by atoms with Crippen LogP contribution in [0.3, 0.4) is 0 Å². The predicted molar refractivity (Wildman–Crippen MR) is 65.4 cm³/mol. The molecular weight excluding hydrogens is 215 g/mol. The molecule has 0 radical (unpaired) electrons. The summed E-state index contributed by atoms with van der Waals surface area (Å²) >= 11 is 0. The van der Waals surface area contributed by atoms with Crippen molar-refractivity contribution in [1.29, 1.82) is 5.26 Å². The highest BCUT2D eigenvalue weighted by molar-refractivity contribution is 5.37. The van der Waals surface area contributed by atoms with Crippen molar-refractivity contribution >= 4 is 0 Å². The van der Waals surface area contributed by atoms with E-state index in [1.54, 1.807) is 0 Å². The van der Waals surface area contributed by atoms with E-state index in [4.69, 9.17) is 11.7 Å². The quantitative estimate of drug-likeness (QED) is 0.806. The third kappa shape index (κ3) is 3.59. The number of hydrogen-bond acceptors (Lipinski definition) is 2. The minimum absolute atomic E-state index is 0.0789. The molecule has 0 fully saturated rings. The fraction of sp³-hybridized carbons (Fsp3) is 0.357. The van der Waals surface area contributed by atoms with E-state index in [1.807, 2.05) is 19.9 Å². The first-order chi connectivity index (χ1) is 8.08. The summed E-state index contributed by atoms with van der Waals surface area (Å²) in [5.41, 5.74) is 1.10. The smallest absolute Gasteiger partial charge is 0.123 e. The second-order valence-corrected chi connectivity index (χ2v) is 4.18. The van der Waals surface area contributed by atoms with Gasteiger partial charge in [-0.15, -0.1) is 6.42 Å². The molecule has 0 saturated carbocycles. The van der Waals surface area contributed by atoms with Gasteiger partial charge in [-0.3, -0.25) is 5.32 Å². The minimum Gasteiger partial charge on any atom is -0.299 e. The third-order valence-electron chi connectivity index (χ3n) is 2.55. The van der Waals surface area contributed by atoms with Crippen LogP contribution in [0.1, 0.15) is 25.0 Å². The second kappa shape index (κ2) is 6.03. The lowest BCUT2D eigenvalue weighted by molar-refractivity contribution is 0.475. The first kappa shape index (κ1) is 13.2.